The Balaban J connectivity index is 2.08. The van der Waals surface area contributed by atoms with E-state index in [-0.39, 0.29) is 0 Å². The number of nitrogens with zero attached hydrogens (tertiary/aromatic N) is 1. The van der Waals surface area contributed by atoms with Crippen molar-refractivity contribution in [2.24, 2.45) is 0 Å². The lowest BCUT2D eigenvalue weighted by Gasteiger charge is -2.32. The van der Waals surface area contributed by atoms with E-state index in [4.69, 9.17) is 0 Å². The molecule has 1 N–H and O–H groups in total. The van der Waals surface area contributed by atoms with Crippen molar-refractivity contribution in [1.82, 2.24) is 4.90 Å². The summed E-state index contributed by atoms with van der Waals surface area (Å²) >= 11 is 0. The largest absolute Gasteiger partial charge is 0.508 e. The highest BCUT2D eigenvalue weighted by Gasteiger charge is 2.19. The Morgan fingerprint density at radius 2 is 1.56 bits per heavy atom. The van der Waals surface area contributed by atoms with E-state index in [1.807, 2.05) is 12.1 Å². The molecule has 2 heteroatoms. The lowest BCUT2D eigenvalue weighted by Crippen LogP contribution is -2.31. The standard InChI is InChI=1S/C16H25NO/c1-2-16(14-8-10-15(18)11-9-14)17-12-6-4-3-5-7-13-17/h8-11,16,18H,2-7,12-13H2,1H3. The molecule has 1 aromatic carbocycles. The van der Waals surface area contributed by atoms with Crippen LogP contribution in [0, 0.1) is 0 Å². The molecule has 1 heterocycles. The Labute approximate surface area is 111 Å². The molecule has 0 aliphatic carbocycles. The number of hydrogen-bond acceptors (Lipinski definition) is 2. The third-order valence-corrected chi connectivity index (χ3v) is 4.00. The Bertz CT molecular complexity index is 339. The normalized spacial score (nSPS) is 20.1. The molecule has 1 fully saturated rings. The van der Waals surface area contributed by atoms with Gasteiger partial charge < -0.3 is 5.11 Å². The van der Waals surface area contributed by atoms with Gasteiger partial charge in [0.1, 0.15) is 5.75 Å². The van der Waals surface area contributed by atoms with Crippen molar-refractivity contribution in [1.29, 1.82) is 0 Å². The predicted molar refractivity (Wildman–Crippen MR) is 75.8 cm³/mol. The van der Waals surface area contributed by atoms with Crippen LogP contribution >= 0.6 is 0 Å². The van der Waals surface area contributed by atoms with Crippen molar-refractivity contribution in [3.8, 4) is 5.75 Å². The van der Waals surface area contributed by atoms with Crippen LogP contribution in [0.2, 0.25) is 0 Å². The number of aromatic hydroxyl groups is 1. The second-order valence-electron chi connectivity index (χ2n) is 5.32. The summed E-state index contributed by atoms with van der Waals surface area (Å²) < 4.78 is 0. The van der Waals surface area contributed by atoms with Crippen molar-refractivity contribution in [2.75, 3.05) is 13.1 Å². The molecule has 0 bridgehead atoms. The molecule has 1 saturated heterocycles. The molecule has 1 aliphatic rings. The van der Waals surface area contributed by atoms with Crippen molar-refractivity contribution in [3.05, 3.63) is 29.8 Å². The van der Waals surface area contributed by atoms with Crippen LogP contribution in [0.5, 0.6) is 5.75 Å². The number of phenolic OH excluding ortho intramolecular Hbond substituents is 1. The average molecular weight is 247 g/mol. The van der Waals surface area contributed by atoms with Gasteiger partial charge in [0.05, 0.1) is 0 Å². The number of hydrogen-bond donors (Lipinski definition) is 1. The Morgan fingerprint density at radius 1 is 1.00 bits per heavy atom. The van der Waals surface area contributed by atoms with E-state index in [1.165, 1.54) is 50.8 Å². The maximum Gasteiger partial charge on any atom is 0.115 e. The maximum absolute atomic E-state index is 9.39. The molecule has 0 saturated carbocycles. The Kier molecular flexibility index (Phi) is 5.06. The highest BCUT2D eigenvalue weighted by molar-refractivity contribution is 5.28. The van der Waals surface area contributed by atoms with Crippen molar-refractivity contribution < 1.29 is 5.11 Å². The van der Waals surface area contributed by atoms with E-state index in [2.05, 4.69) is 24.0 Å². The third-order valence-electron chi connectivity index (χ3n) is 4.00. The highest BCUT2D eigenvalue weighted by Crippen LogP contribution is 2.27. The van der Waals surface area contributed by atoms with Crippen LogP contribution in [-0.4, -0.2) is 23.1 Å². The number of rotatable bonds is 3. The van der Waals surface area contributed by atoms with Gasteiger partial charge in [-0.15, -0.1) is 0 Å². The molecule has 100 valence electrons. The van der Waals surface area contributed by atoms with Crippen molar-refractivity contribution in [3.63, 3.8) is 0 Å². The molecule has 0 amide bonds. The van der Waals surface area contributed by atoms with Crippen LogP contribution in [-0.2, 0) is 0 Å². The minimum Gasteiger partial charge on any atom is -0.508 e. The van der Waals surface area contributed by atoms with Crippen LogP contribution < -0.4 is 0 Å². The first-order valence-electron chi connectivity index (χ1n) is 7.34. The molecule has 1 atom stereocenters. The predicted octanol–water partition coefficient (Wildman–Crippen LogP) is 4.11. The smallest absolute Gasteiger partial charge is 0.115 e. The van der Waals surface area contributed by atoms with Gasteiger partial charge >= 0.3 is 0 Å². The van der Waals surface area contributed by atoms with Crippen LogP contribution in [0.25, 0.3) is 0 Å². The quantitative estimate of drug-likeness (QED) is 0.869. The monoisotopic (exact) mass is 247 g/mol. The molecular weight excluding hydrogens is 222 g/mol. The van der Waals surface area contributed by atoms with E-state index in [1.54, 1.807) is 0 Å². The zero-order chi connectivity index (χ0) is 12.8. The summed E-state index contributed by atoms with van der Waals surface area (Å²) in [6.45, 7) is 4.70. The summed E-state index contributed by atoms with van der Waals surface area (Å²) in [7, 11) is 0. The minimum absolute atomic E-state index is 0.362. The van der Waals surface area contributed by atoms with Gasteiger partial charge in [-0.1, -0.05) is 38.3 Å². The van der Waals surface area contributed by atoms with E-state index in [0.29, 0.717) is 11.8 Å². The molecule has 0 aromatic heterocycles. The van der Waals surface area contributed by atoms with Crippen LogP contribution in [0.3, 0.4) is 0 Å². The van der Waals surface area contributed by atoms with Gasteiger partial charge in [-0.3, -0.25) is 4.90 Å². The summed E-state index contributed by atoms with van der Waals surface area (Å²) in [6, 6.07) is 8.28. The zero-order valence-corrected chi connectivity index (χ0v) is 11.4. The SMILES string of the molecule is CCC(c1ccc(O)cc1)N1CCCCCCC1. The van der Waals surface area contributed by atoms with Gasteiger partial charge in [-0.2, -0.15) is 0 Å². The first-order valence-corrected chi connectivity index (χ1v) is 7.34. The fourth-order valence-electron chi connectivity index (χ4n) is 2.98. The van der Waals surface area contributed by atoms with Gasteiger partial charge in [-0.25, -0.2) is 0 Å². The molecule has 0 spiro atoms. The lowest BCUT2D eigenvalue weighted by atomic mass is 10.00. The summed E-state index contributed by atoms with van der Waals surface area (Å²) in [4.78, 5) is 2.63. The Hall–Kier alpha value is -1.02. The van der Waals surface area contributed by atoms with Crippen molar-refractivity contribution >= 4 is 0 Å². The highest BCUT2D eigenvalue weighted by atomic mass is 16.3. The molecule has 1 aromatic rings. The van der Waals surface area contributed by atoms with Crippen LogP contribution in [0.4, 0.5) is 0 Å². The lowest BCUT2D eigenvalue weighted by molar-refractivity contribution is 0.175. The molecule has 1 aliphatic heterocycles. The molecular formula is C16H25NO. The fraction of sp³-hybridized carbons (Fsp3) is 0.625. The van der Waals surface area contributed by atoms with E-state index < -0.39 is 0 Å². The Morgan fingerprint density at radius 3 is 2.11 bits per heavy atom. The first kappa shape index (κ1) is 13.4. The molecule has 18 heavy (non-hydrogen) atoms. The van der Waals surface area contributed by atoms with E-state index in [0.717, 1.165) is 6.42 Å². The van der Waals surface area contributed by atoms with Gasteiger partial charge in [0.15, 0.2) is 0 Å². The van der Waals surface area contributed by atoms with Gasteiger partial charge in [0.2, 0.25) is 0 Å². The van der Waals surface area contributed by atoms with E-state index in [9.17, 15) is 5.11 Å². The summed E-state index contributed by atoms with van der Waals surface area (Å²) in [5, 5.41) is 9.39. The number of benzene rings is 1. The second-order valence-corrected chi connectivity index (χ2v) is 5.32. The molecule has 2 nitrogen and oxygen atoms in total. The molecule has 1 unspecified atom stereocenters. The average Bonchev–Trinajstić information content (AvgIpc) is 2.34. The number of likely N-dealkylation sites (tertiary alicyclic amines) is 1. The maximum atomic E-state index is 9.39. The summed E-state index contributed by atoms with van der Waals surface area (Å²) in [6.07, 6.45) is 7.96. The topological polar surface area (TPSA) is 23.5 Å². The summed E-state index contributed by atoms with van der Waals surface area (Å²) in [5.41, 5.74) is 1.34. The number of phenols is 1. The fourth-order valence-corrected chi connectivity index (χ4v) is 2.98. The van der Waals surface area contributed by atoms with Crippen LogP contribution in [0.1, 0.15) is 57.1 Å². The minimum atomic E-state index is 0.362. The first-order chi connectivity index (χ1) is 8.81. The molecule has 0 radical (unpaired) electrons. The summed E-state index contributed by atoms with van der Waals surface area (Å²) in [5.74, 6) is 0.362. The van der Waals surface area contributed by atoms with Crippen molar-refractivity contribution in [2.45, 2.75) is 51.5 Å². The van der Waals surface area contributed by atoms with Crippen LogP contribution in [0.15, 0.2) is 24.3 Å². The second kappa shape index (κ2) is 6.79. The van der Waals surface area contributed by atoms with E-state index >= 15 is 0 Å². The van der Waals surface area contributed by atoms with Gasteiger partial charge in [0, 0.05) is 6.04 Å². The third kappa shape index (κ3) is 3.49. The van der Waals surface area contributed by atoms with Gasteiger partial charge in [-0.05, 0) is 50.0 Å². The van der Waals surface area contributed by atoms with Gasteiger partial charge in [0.25, 0.3) is 0 Å². The molecule has 2 rings (SSSR count). The zero-order valence-electron chi connectivity index (χ0n) is 11.4.